The molecule has 5 rings (SSSR count). The highest BCUT2D eigenvalue weighted by Crippen LogP contribution is 2.38. The number of likely N-dealkylation sites (tertiary alicyclic amines) is 1. The van der Waals surface area contributed by atoms with Crippen molar-refractivity contribution >= 4 is 0 Å². The van der Waals surface area contributed by atoms with Crippen LogP contribution in [0, 0.1) is 11.8 Å². The molecular weight excluding hydrogens is 414 g/mol. The molecule has 1 heterocycles. The first-order chi connectivity index (χ1) is 16.7. The third-order valence-electron chi connectivity index (χ3n) is 6.77. The van der Waals surface area contributed by atoms with Gasteiger partial charge in [-0.3, -0.25) is 4.90 Å². The van der Waals surface area contributed by atoms with Crippen LogP contribution in [0.5, 0.6) is 0 Å². The van der Waals surface area contributed by atoms with Crippen LogP contribution < -0.4 is 0 Å². The summed E-state index contributed by atoms with van der Waals surface area (Å²) in [5.41, 5.74) is 4.72. The number of hydrogen-bond acceptors (Lipinski definition) is 2. The van der Waals surface area contributed by atoms with E-state index in [2.05, 4.69) is 77.4 Å². The van der Waals surface area contributed by atoms with E-state index >= 15 is 0 Å². The van der Waals surface area contributed by atoms with Crippen molar-refractivity contribution in [2.24, 2.45) is 0 Å². The van der Waals surface area contributed by atoms with Crippen LogP contribution in [0.4, 0.5) is 0 Å². The molecule has 0 atom stereocenters. The smallest absolute Gasteiger partial charge is 0.0920 e. The lowest BCUT2D eigenvalue weighted by atomic mass is 9.83. The summed E-state index contributed by atoms with van der Waals surface area (Å²) in [4.78, 5) is 2.50. The summed E-state index contributed by atoms with van der Waals surface area (Å²) in [7, 11) is 0. The van der Waals surface area contributed by atoms with Crippen molar-refractivity contribution in [3.63, 3.8) is 0 Å². The molecule has 1 fully saturated rings. The van der Waals surface area contributed by atoms with Gasteiger partial charge in [0.25, 0.3) is 0 Å². The van der Waals surface area contributed by atoms with E-state index in [0.29, 0.717) is 12.8 Å². The number of aliphatic hydroxyl groups is 1. The Labute approximate surface area is 202 Å². The second-order valence-electron chi connectivity index (χ2n) is 8.98. The van der Waals surface area contributed by atoms with Crippen molar-refractivity contribution < 1.29 is 5.11 Å². The molecule has 1 saturated heterocycles. The number of benzene rings is 4. The number of hydrogen-bond donors (Lipinski definition) is 1. The summed E-state index contributed by atoms with van der Waals surface area (Å²) in [5, 5.41) is 11.5. The Hall–Kier alpha value is -3.64. The van der Waals surface area contributed by atoms with Crippen molar-refractivity contribution in [2.45, 2.75) is 24.5 Å². The van der Waals surface area contributed by atoms with Gasteiger partial charge in [0.2, 0.25) is 0 Å². The van der Waals surface area contributed by atoms with Gasteiger partial charge in [0.15, 0.2) is 0 Å². The minimum atomic E-state index is -0.806. The molecule has 0 unspecified atom stereocenters. The Morgan fingerprint density at radius 3 is 1.53 bits per heavy atom. The largest absolute Gasteiger partial charge is 0.385 e. The summed E-state index contributed by atoms with van der Waals surface area (Å²) in [5.74, 6) is 6.42. The fraction of sp³-hybridized carbons (Fsp3) is 0.188. The van der Waals surface area contributed by atoms with Gasteiger partial charge in [0.1, 0.15) is 0 Å². The zero-order valence-electron chi connectivity index (χ0n) is 19.3. The summed E-state index contributed by atoms with van der Waals surface area (Å²) in [6.45, 7) is 1.67. The molecule has 0 amide bonds. The van der Waals surface area contributed by atoms with Gasteiger partial charge in [0, 0.05) is 24.2 Å². The third-order valence-corrected chi connectivity index (χ3v) is 6.77. The molecular formula is C32H29NO. The number of rotatable bonds is 4. The molecule has 0 radical (unpaired) electrons. The maximum Gasteiger partial charge on any atom is 0.0920 e. The van der Waals surface area contributed by atoms with Gasteiger partial charge in [-0.05, 0) is 53.8 Å². The van der Waals surface area contributed by atoms with Crippen molar-refractivity contribution in [3.05, 3.63) is 143 Å². The van der Waals surface area contributed by atoms with Gasteiger partial charge in [-0.2, -0.15) is 0 Å². The molecule has 168 valence electrons. The molecule has 1 N–H and O–H groups in total. The average Bonchev–Trinajstić information content (AvgIpc) is 2.91. The van der Waals surface area contributed by atoms with Gasteiger partial charge < -0.3 is 5.11 Å². The van der Waals surface area contributed by atoms with Gasteiger partial charge in [-0.15, -0.1) is 0 Å². The molecule has 2 heteroatoms. The summed E-state index contributed by atoms with van der Waals surface area (Å²) < 4.78 is 0. The van der Waals surface area contributed by atoms with Gasteiger partial charge in [-0.1, -0.05) is 103 Å². The lowest BCUT2D eigenvalue weighted by Gasteiger charge is -2.42. The predicted octanol–water partition coefficient (Wildman–Crippen LogP) is 6.16. The fourth-order valence-electron chi connectivity index (χ4n) is 4.86. The van der Waals surface area contributed by atoms with E-state index in [4.69, 9.17) is 0 Å². The standard InChI is InChI=1S/C32H29NO/c34-32(30-20-18-27(19-21-30)17-16-26-10-4-1-5-11-26)22-24-33(25-23-32)31(28-12-6-2-7-13-28)29-14-8-3-9-15-29/h1-15,18-21,31,34H,22-25H2. The Bertz CT molecular complexity index is 1210. The first-order valence-electron chi connectivity index (χ1n) is 12.0. The lowest BCUT2D eigenvalue weighted by molar-refractivity contribution is -0.0324. The number of piperidine rings is 1. The molecule has 0 spiro atoms. The molecule has 0 saturated carbocycles. The molecule has 34 heavy (non-hydrogen) atoms. The first-order valence-corrected chi connectivity index (χ1v) is 12.0. The van der Waals surface area contributed by atoms with E-state index in [1.165, 1.54) is 11.1 Å². The summed E-state index contributed by atoms with van der Waals surface area (Å²) >= 11 is 0. The van der Waals surface area contributed by atoms with Crippen LogP contribution in [-0.2, 0) is 5.60 Å². The number of nitrogens with zero attached hydrogens (tertiary/aromatic N) is 1. The quantitative estimate of drug-likeness (QED) is 0.382. The van der Waals surface area contributed by atoms with Crippen LogP contribution in [-0.4, -0.2) is 23.1 Å². The molecule has 2 nitrogen and oxygen atoms in total. The zero-order chi connectivity index (χ0) is 23.2. The van der Waals surface area contributed by atoms with Crippen LogP contribution >= 0.6 is 0 Å². The van der Waals surface area contributed by atoms with Crippen LogP contribution in [0.15, 0.2) is 115 Å². The molecule has 1 aliphatic heterocycles. The highest BCUT2D eigenvalue weighted by molar-refractivity contribution is 5.44. The molecule has 0 aromatic heterocycles. The maximum absolute atomic E-state index is 11.5. The first kappa shape index (κ1) is 22.2. The van der Waals surface area contributed by atoms with Gasteiger partial charge in [-0.25, -0.2) is 0 Å². The van der Waals surface area contributed by atoms with E-state index in [0.717, 1.165) is 29.8 Å². The fourth-order valence-corrected chi connectivity index (χ4v) is 4.86. The second-order valence-corrected chi connectivity index (χ2v) is 8.98. The minimum Gasteiger partial charge on any atom is -0.385 e. The lowest BCUT2D eigenvalue weighted by Crippen LogP contribution is -2.44. The average molecular weight is 444 g/mol. The normalized spacial score (nSPS) is 15.5. The molecule has 1 aliphatic rings. The zero-order valence-corrected chi connectivity index (χ0v) is 19.3. The molecule has 4 aromatic carbocycles. The van der Waals surface area contributed by atoms with Crippen molar-refractivity contribution in [2.75, 3.05) is 13.1 Å². The highest BCUT2D eigenvalue weighted by Gasteiger charge is 2.36. The van der Waals surface area contributed by atoms with E-state index in [1.54, 1.807) is 0 Å². The Morgan fingerprint density at radius 2 is 1.03 bits per heavy atom. The Morgan fingerprint density at radius 1 is 0.588 bits per heavy atom. The van der Waals surface area contributed by atoms with Crippen molar-refractivity contribution in [1.29, 1.82) is 0 Å². The molecule has 0 aliphatic carbocycles. The second kappa shape index (κ2) is 10.1. The van der Waals surface area contributed by atoms with Crippen molar-refractivity contribution in [3.8, 4) is 11.8 Å². The Kier molecular flexibility index (Phi) is 6.58. The molecule has 0 bridgehead atoms. The van der Waals surface area contributed by atoms with Gasteiger partial charge >= 0.3 is 0 Å². The van der Waals surface area contributed by atoms with Crippen LogP contribution in [0.3, 0.4) is 0 Å². The van der Waals surface area contributed by atoms with Crippen LogP contribution in [0.2, 0.25) is 0 Å². The topological polar surface area (TPSA) is 23.5 Å². The van der Waals surface area contributed by atoms with E-state index in [9.17, 15) is 5.11 Å². The van der Waals surface area contributed by atoms with E-state index in [-0.39, 0.29) is 6.04 Å². The summed E-state index contributed by atoms with van der Waals surface area (Å²) in [6, 6.07) is 39.7. The minimum absolute atomic E-state index is 0.197. The van der Waals surface area contributed by atoms with Crippen molar-refractivity contribution in [1.82, 2.24) is 4.90 Å². The van der Waals surface area contributed by atoms with E-state index in [1.807, 2.05) is 54.6 Å². The maximum atomic E-state index is 11.5. The highest BCUT2D eigenvalue weighted by atomic mass is 16.3. The van der Waals surface area contributed by atoms with E-state index < -0.39 is 5.60 Å². The molecule has 4 aromatic rings. The predicted molar refractivity (Wildman–Crippen MR) is 138 cm³/mol. The van der Waals surface area contributed by atoms with Crippen LogP contribution in [0.1, 0.15) is 46.7 Å². The third kappa shape index (κ3) is 4.97. The van der Waals surface area contributed by atoms with Gasteiger partial charge in [0.05, 0.1) is 11.6 Å². The SMILES string of the molecule is OC1(c2ccc(C#Cc3ccccc3)cc2)CCN(C(c2ccccc2)c2ccccc2)CC1. The monoisotopic (exact) mass is 443 g/mol. The van der Waals surface area contributed by atoms with Crippen LogP contribution in [0.25, 0.3) is 0 Å². The Balaban J connectivity index is 1.31. The summed E-state index contributed by atoms with van der Waals surface area (Å²) in [6.07, 6.45) is 1.41.